The monoisotopic (exact) mass is 463 g/mol. The zero-order valence-corrected chi connectivity index (χ0v) is 17.4. The molecule has 0 aliphatic heterocycles. The van der Waals surface area contributed by atoms with Crippen LogP contribution in [0, 0.1) is 0 Å². The van der Waals surface area contributed by atoms with Crippen molar-refractivity contribution < 1.29 is 14.6 Å². The van der Waals surface area contributed by atoms with Gasteiger partial charge in [-0.05, 0) is 37.5 Å². The lowest BCUT2D eigenvalue weighted by atomic mass is 10.2. The molecule has 2 rings (SSSR count). The summed E-state index contributed by atoms with van der Waals surface area (Å²) in [6.07, 6.45) is 5.03. The van der Waals surface area contributed by atoms with Gasteiger partial charge in [-0.1, -0.05) is 18.9 Å². The number of rotatable bonds is 8. The van der Waals surface area contributed by atoms with Gasteiger partial charge in [0.05, 0.1) is 20.3 Å². The van der Waals surface area contributed by atoms with Crippen LogP contribution in [0.25, 0.3) is 0 Å². The van der Waals surface area contributed by atoms with Gasteiger partial charge in [-0.25, -0.2) is 4.99 Å². The lowest BCUT2D eigenvalue weighted by Gasteiger charge is -2.16. The number of halogens is 1. The van der Waals surface area contributed by atoms with E-state index in [0.29, 0.717) is 24.1 Å². The maximum atomic E-state index is 8.86. The van der Waals surface area contributed by atoms with Crippen molar-refractivity contribution in [2.45, 2.75) is 45.2 Å². The second-order valence-electron chi connectivity index (χ2n) is 5.88. The maximum absolute atomic E-state index is 8.86. The summed E-state index contributed by atoms with van der Waals surface area (Å²) in [4.78, 5) is 4.67. The number of methoxy groups -OCH3 is 1. The van der Waals surface area contributed by atoms with Crippen LogP contribution in [0.3, 0.4) is 0 Å². The summed E-state index contributed by atoms with van der Waals surface area (Å²) >= 11 is 0. The minimum atomic E-state index is -0.0198. The van der Waals surface area contributed by atoms with Gasteiger partial charge in [0.1, 0.15) is 6.61 Å². The van der Waals surface area contributed by atoms with Crippen LogP contribution >= 0.6 is 24.0 Å². The predicted octanol–water partition coefficient (Wildman–Crippen LogP) is 2.68. The normalized spacial score (nSPS) is 14.8. The first-order valence-corrected chi connectivity index (χ1v) is 8.72. The summed E-state index contributed by atoms with van der Waals surface area (Å²) in [6, 6.07) is 6.29. The zero-order valence-electron chi connectivity index (χ0n) is 15.1. The first kappa shape index (κ1) is 21.8. The van der Waals surface area contributed by atoms with Crippen molar-refractivity contribution in [2.75, 3.05) is 26.9 Å². The van der Waals surface area contributed by atoms with E-state index in [2.05, 4.69) is 22.5 Å². The van der Waals surface area contributed by atoms with Crippen molar-refractivity contribution >= 4 is 29.9 Å². The lowest BCUT2D eigenvalue weighted by Crippen LogP contribution is -2.42. The van der Waals surface area contributed by atoms with Crippen LogP contribution < -0.4 is 20.1 Å². The molecular weight excluding hydrogens is 433 g/mol. The highest BCUT2D eigenvalue weighted by molar-refractivity contribution is 14.0. The Morgan fingerprint density at radius 3 is 2.68 bits per heavy atom. The van der Waals surface area contributed by atoms with Crippen LogP contribution in [0.1, 0.15) is 38.2 Å². The fraction of sp³-hybridized carbons (Fsp3) is 0.611. The number of ether oxygens (including phenoxy) is 2. The molecule has 0 spiro atoms. The van der Waals surface area contributed by atoms with Crippen LogP contribution in [0.4, 0.5) is 0 Å². The van der Waals surface area contributed by atoms with E-state index in [4.69, 9.17) is 14.6 Å². The standard InChI is InChI=1S/C18H29N3O3.HI/c1-3-19-18(21-15-6-4-5-7-15)20-13-14-8-9-16(24-11-10-22)17(12-14)23-2;/h8-9,12,15,22H,3-7,10-11,13H2,1-2H3,(H2,19,20,21);1H. The number of benzene rings is 1. The van der Waals surface area contributed by atoms with Crippen molar-refractivity contribution in [3.63, 3.8) is 0 Å². The summed E-state index contributed by atoms with van der Waals surface area (Å²) in [7, 11) is 1.61. The number of nitrogens with one attached hydrogen (secondary N) is 2. The molecule has 7 heteroatoms. The van der Waals surface area contributed by atoms with E-state index in [1.165, 1.54) is 25.7 Å². The van der Waals surface area contributed by atoms with E-state index in [9.17, 15) is 0 Å². The van der Waals surface area contributed by atoms with Gasteiger partial charge in [-0.2, -0.15) is 0 Å². The third kappa shape index (κ3) is 7.27. The third-order valence-electron chi connectivity index (χ3n) is 4.04. The summed E-state index contributed by atoms with van der Waals surface area (Å²) in [6.45, 7) is 3.72. The Morgan fingerprint density at radius 2 is 2.04 bits per heavy atom. The second-order valence-corrected chi connectivity index (χ2v) is 5.88. The number of hydrogen-bond donors (Lipinski definition) is 3. The molecule has 3 N–H and O–H groups in total. The van der Waals surface area contributed by atoms with E-state index in [1.54, 1.807) is 7.11 Å². The molecule has 1 aromatic carbocycles. The molecule has 1 aliphatic carbocycles. The average Bonchev–Trinajstić information content (AvgIpc) is 3.11. The molecular formula is C18H30IN3O3. The maximum Gasteiger partial charge on any atom is 0.191 e. The first-order valence-electron chi connectivity index (χ1n) is 8.72. The summed E-state index contributed by atoms with van der Waals surface area (Å²) < 4.78 is 10.8. The molecule has 0 unspecified atom stereocenters. The average molecular weight is 463 g/mol. The Bertz CT molecular complexity index is 534. The number of aliphatic imine (C=N–C) groups is 1. The van der Waals surface area contributed by atoms with Crippen LogP contribution in [0.15, 0.2) is 23.2 Å². The van der Waals surface area contributed by atoms with Crippen LogP contribution in [0.5, 0.6) is 11.5 Å². The molecule has 0 atom stereocenters. The van der Waals surface area contributed by atoms with Gasteiger partial charge in [0.2, 0.25) is 0 Å². The molecule has 0 aromatic heterocycles. The Labute approximate surface area is 167 Å². The molecule has 0 radical (unpaired) electrons. The van der Waals surface area contributed by atoms with Crippen molar-refractivity contribution in [3.8, 4) is 11.5 Å². The molecule has 1 aliphatic rings. The van der Waals surface area contributed by atoms with Crippen molar-refractivity contribution in [1.82, 2.24) is 10.6 Å². The molecule has 6 nitrogen and oxygen atoms in total. The van der Waals surface area contributed by atoms with E-state index < -0.39 is 0 Å². The number of aliphatic hydroxyl groups excluding tert-OH is 1. The Hall–Kier alpha value is -1.22. The predicted molar refractivity (Wildman–Crippen MR) is 111 cm³/mol. The Morgan fingerprint density at radius 1 is 1.28 bits per heavy atom. The number of nitrogens with zero attached hydrogens (tertiary/aromatic N) is 1. The number of aliphatic hydroxyl groups is 1. The zero-order chi connectivity index (χ0) is 17.2. The third-order valence-corrected chi connectivity index (χ3v) is 4.04. The van der Waals surface area contributed by atoms with Crippen LogP contribution in [0.2, 0.25) is 0 Å². The highest BCUT2D eigenvalue weighted by Gasteiger charge is 2.15. The molecule has 0 heterocycles. The minimum Gasteiger partial charge on any atom is -0.493 e. The Kier molecular flexibility index (Phi) is 10.6. The van der Waals surface area contributed by atoms with Gasteiger partial charge in [0.25, 0.3) is 0 Å². The second kappa shape index (κ2) is 12.2. The Balaban J connectivity index is 0.00000312. The SMILES string of the molecule is CCNC(=NCc1ccc(OCCO)c(OC)c1)NC1CCCC1.I. The molecule has 1 saturated carbocycles. The molecule has 0 saturated heterocycles. The van der Waals surface area contributed by atoms with Crippen molar-refractivity contribution in [3.05, 3.63) is 23.8 Å². The summed E-state index contributed by atoms with van der Waals surface area (Å²) in [5.74, 6) is 2.16. The van der Waals surface area contributed by atoms with Gasteiger partial charge >= 0.3 is 0 Å². The highest BCUT2D eigenvalue weighted by atomic mass is 127. The van der Waals surface area contributed by atoms with Gasteiger partial charge in [0.15, 0.2) is 17.5 Å². The van der Waals surface area contributed by atoms with E-state index in [1.807, 2.05) is 18.2 Å². The minimum absolute atomic E-state index is 0. The largest absolute Gasteiger partial charge is 0.493 e. The molecule has 1 aromatic rings. The molecule has 25 heavy (non-hydrogen) atoms. The van der Waals surface area contributed by atoms with Crippen molar-refractivity contribution in [1.29, 1.82) is 0 Å². The summed E-state index contributed by atoms with van der Waals surface area (Å²) in [5.41, 5.74) is 1.05. The van der Waals surface area contributed by atoms with E-state index >= 15 is 0 Å². The number of hydrogen-bond acceptors (Lipinski definition) is 4. The quantitative estimate of drug-likeness (QED) is 0.314. The van der Waals surface area contributed by atoms with Gasteiger partial charge in [-0.3, -0.25) is 0 Å². The lowest BCUT2D eigenvalue weighted by molar-refractivity contribution is 0.196. The smallest absolute Gasteiger partial charge is 0.191 e. The van der Waals surface area contributed by atoms with Crippen LogP contribution in [-0.2, 0) is 6.54 Å². The van der Waals surface area contributed by atoms with E-state index in [-0.39, 0.29) is 37.2 Å². The van der Waals surface area contributed by atoms with E-state index in [0.717, 1.165) is 18.1 Å². The van der Waals surface area contributed by atoms with Gasteiger partial charge in [-0.15, -0.1) is 24.0 Å². The fourth-order valence-electron chi connectivity index (χ4n) is 2.84. The molecule has 0 bridgehead atoms. The topological polar surface area (TPSA) is 75.1 Å². The molecule has 0 amide bonds. The van der Waals surface area contributed by atoms with Gasteiger partial charge < -0.3 is 25.2 Å². The number of guanidine groups is 1. The summed E-state index contributed by atoms with van der Waals surface area (Å²) in [5, 5.41) is 15.7. The molecule has 142 valence electrons. The first-order chi connectivity index (χ1) is 11.8. The van der Waals surface area contributed by atoms with Crippen LogP contribution in [-0.4, -0.2) is 44.0 Å². The van der Waals surface area contributed by atoms with Crippen molar-refractivity contribution in [2.24, 2.45) is 4.99 Å². The molecule has 1 fully saturated rings. The van der Waals surface area contributed by atoms with Gasteiger partial charge in [0, 0.05) is 12.6 Å². The highest BCUT2D eigenvalue weighted by Crippen LogP contribution is 2.28. The fourth-order valence-corrected chi connectivity index (χ4v) is 2.84.